The van der Waals surface area contributed by atoms with E-state index in [-0.39, 0.29) is 16.5 Å². The number of morpholine rings is 1. The standard InChI is InChI=1S/C18H21N5O4S/c19-15(24)13-9-14(28-17(13)22-18(20)26)21-16(25)12-3-1-11(2-4-12)10-23-5-7-27-8-6-23/h1-4,9H,5-8,10H2,(H2,19,24)(H,21,25)(H3,20,22,26). The number of hydrogen-bond acceptors (Lipinski definition) is 6. The molecule has 1 saturated heterocycles. The molecule has 9 nitrogen and oxygen atoms in total. The van der Waals surface area contributed by atoms with Crippen molar-refractivity contribution in [3.63, 3.8) is 0 Å². The lowest BCUT2D eigenvalue weighted by molar-refractivity contribution is 0.0342. The van der Waals surface area contributed by atoms with Gasteiger partial charge >= 0.3 is 6.03 Å². The Morgan fingerprint density at radius 1 is 1.07 bits per heavy atom. The van der Waals surface area contributed by atoms with Gasteiger partial charge in [-0.1, -0.05) is 23.5 Å². The van der Waals surface area contributed by atoms with Crippen molar-refractivity contribution in [2.75, 3.05) is 36.9 Å². The maximum Gasteiger partial charge on any atom is 0.317 e. The van der Waals surface area contributed by atoms with Gasteiger partial charge in [0.2, 0.25) is 0 Å². The van der Waals surface area contributed by atoms with Gasteiger partial charge in [0.05, 0.1) is 23.8 Å². The van der Waals surface area contributed by atoms with Gasteiger partial charge in [-0.05, 0) is 23.8 Å². The average molecular weight is 403 g/mol. The normalized spacial score (nSPS) is 14.4. The van der Waals surface area contributed by atoms with Gasteiger partial charge < -0.3 is 21.5 Å². The molecule has 0 aliphatic carbocycles. The maximum absolute atomic E-state index is 12.5. The van der Waals surface area contributed by atoms with Crippen LogP contribution in [0, 0.1) is 0 Å². The summed E-state index contributed by atoms with van der Waals surface area (Å²) in [5.74, 6) is -1.06. The van der Waals surface area contributed by atoms with E-state index in [1.54, 1.807) is 12.1 Å². The highest BCUT2D eigenvalue weighted by Gasteiger charge is 2.17. The van der Waals surface area contributed by atoms with Crippen LogP contribution in [0.15, 0.2) is 30.3 Å². The van der Waals surface area contributed by atoms with Crippen molar-refractivity contribution in [2.45, 2.75) is 6.54 Å². The highest BCUT2D eigenvalue weighted by molar-refractivity contribution is 7.20. The first kappa shape index (κ1) is 19.8. The second-order valence-electron chi connectivity index (χ2n) is 6.25. The molecule has 0 spiro atoms. The molecule has 6 N–H and O–H groups in total. The number of primary amides is 2. The number of carbonyl (C=O) groups is 3. The van der Waals surface area contributed by atoms with Crippen LogP contribution in [0.5, 0.6) is 0 Å². The van der Waals surface area contributed by atoms with E-state index in [4.69, 9.17) is 16.2 Å². The summed E-state index contributed by atoms with van der Waals surface area (Å²) in [4.78, 5) is 37.3. The zero-order chi connectivity index (χ0) is 20.1. The van der Waals surface area contributed by atoms with E-state index in [0.29, 0.717) is 10.6 Å². The number of amides is 4. The first-order valence-electron chi connectivity index (χ1n) is 8.63. The number of urea groups is 1. The van der Waals surface area contributed by atoms with Gasteiger partial charge in [0, 0.05) is 25.2 Å². The summed E-state index contributed by atoms with van der Waals surface area (Å²) in [5, 5.41) is 5.59. The minimum Gasteiger partial charge on any atom is -0.379 e. The second-order valence-corrected chi connectivity index (χ2v) is 7.30. The molecule has 0 atom stereocenters. The molecule has 0 bridgehead atoms. The first-order chi connectivity index (χ1) is 13.4. The third-order valence-electron chi connectivity index (χ3n) is 4.20. The number of nitrogens with two attached hydrogens (primary N) is 2. The van der Waals surface area contributed by atoms with Crippen LogP contribution in [0.2, 0.25) is 0 Å². The summed E-state index contributed by atoms with van der Waals surface area (Å²) >= 11 is 1.00. The molecule has 2 heterocycles. The third-order valence-corrected chi connectivity index (χ3v) is 5.16. The SMILES string of the molecule is NC(=O)Nc1sc(NC(=O)c2ccc(CN3CCOCC3)cc2)cc1C(N)=O. The summed E-state index contributed by atoms with van der Waals surface area (Å²) in [5.41, 5.74) is 12.0. The molecule has 3 rings (SSSR count). The van der Waals surface area contributed by atoms with Crippen molar-refractivity contribution in [3.05, 3.63) is 47.0 Å². The van der Waals surface area contributed by atoms with E-state index in [9.17, 15) is 14.4 Å². The van der Waals surface area contributed by atoms with Crippen molar-refractivity contribution in [1.29, 1.82) is 0 Å². The molecule has 28 heavy (non-hydrogen) atoms. The Morgan fingerprint density at radius 3 is 2.36 bits per heavy atom. The van der Waals surface area contributed by atoms with Crippen LogP contribution in [0.25, 0.3) is 0 Å². The lowest BCUT2D eigenvalue weighted by Gasteiger charge is -2.26. The molecule has 0 radical (unpaired) electrons. The molecule has 1 aromatic heterocycles. The van der Waals surface area contributed by atoms with E-state index in [0.717, 1.165) is 49.7 Å². The fourth-order valence-electron chi connectivity index (χ4n) is 2.80. The molecule has 148 valence electrons. The fraction of sp³-hybridized carbons (Fsp3) is 0.278. The molecule has 1 aliphatic rings. The second kappa shape index (κ2) is 8.83. The molecule has 2 aromatic rings. The van der Waals surface area contributed by atoms with Gasteiger partial charge in [-0.25, -0.2) is 4.79 Å². The van der Waals surface area contributed by atoms with Crippen LogP contribution in [0.3, 0.4) is 0 Å². The fourth-order valence-corrected chi connectivity index (χ4v) is 3.76. The lowest BCUT2D eigenvalue weighted by Crippen LogP contribution is -2.35. The predicted molar refractivity (Wildman–Crippen MR) is 107 cm³/mol. The molecular formula is C18H21N5O4S. The quantitative estimate of drug-likeness (QED) is 0.577. The Balaban J connectivity index is 1.65. The Labute approximate surface area is 165 Å². The van der Waals surface area contributed by atoms with Crippen molar-refractivity contribution >= 4 is 39.2 Å². The van der Waals surface area contributed by atoms with Crippen molar-refractivity contribution in [2.24, 2.45) is 11.5 Å². The number of nitrogens with zero attached hydrogens (tertiary/aromatic N) is 1. The monoisotopic (exact) mass is 403 g/mol. The van der Waals surface area contributed by atoms with Crippen molar-refractivity contribution in [1.82, 2.24) is 4.90 Å². The lowest BCUT2D eigenvalue weighted by atomic mass is 10.1. The molecular weight excluding hydrogens is 382 g/mol. The minimum absolute atomic E-state index is 0.0833. The number of anilines is 2. The number of hydrogen-bond donors (Lipinski definition) is 4. The smallest absolute Gasteiger partial charge is 0.317 e. The van der Waals surface area contributed by atoms with Gasteiger partial charge in [0.1, 0.15) is 5.00 Å². The van der Waals surface area contributed by atoms with Gasteiger partial charge in [-0.15, -0.1) is 0 Å². The number of nitrogens with one attached hydrogen (secondary N) is 2. The molecule has 0 saturated carbocycles. The average Bonchev–Trinajstić information content (AvgIpc) is 3.05. The Kier molecular flexibility index (Phi) is 6.24. The number of benzene rings is 1. The molecule has 4 amide bonds. The van der Waals surface area contributed by atoms with E-state index in [1.165, 1.54) is 6.07 Å². The molecule has 1 fully saturated rings. The molecule has 10 heteroatoms. The Hall–Kier alpha value is -2.95. The summed E-state index contributed by atoms with van der Waals surface area (Å²) in [7, 11) is 0. The number of carbonyl (C=O) groups excluding carboxylic acids is 3. The Morgan fingerprint density at radius 2 is 1.75 bits per heavy atom. The summed E-state index contributed by atoms with van der Waals surface area (Å²) in [6.45, 7) is 4.07. The summed E-state index contributed by atoms with van der Waals surface area (Å²) in [6.07, 6.45) is 0. The van der Waals surface area contributed by atoms with Crippen molar-refractivity contribution in [3.8, 4) is 0 Å². The number of rotatable bonds is 6. The van der Waals surface area contributed by atoms with E-state index in [1.807, 2.05) is 12.1 Å². The zero-order valence-corrected chi connectivity index (χ0v) is 15.9. The summed E-state index contributed by atoms with van der Waals surface area (Å²) < 4.78 is 5.34. The minimum atomic E-state index is -0.821. The van der Waals surface area contributed by atoms with Gasteiger partial charge in [-0.2, -0.15) is 0 Å². The predicted octanol–water partition coefficient (Wildman–Crippen LogP) is 1.42. The summed E-state index contributed by atoms with van der Waals surface area (Å²) in [6, 6.07) is 7.90. The topological polar surface area (TPSA) is 140 Å². The molecule has 1 aromatic carbocycles. The van der Waals surface area contributed by atoms with Gasteiger partial charge in [0.25, 0.3) is 11.8 Å². The van der Waals surface area contributed by atoms with E-state index in [2.05, 4.69) is 15.5 Å². The van der Waals surface area contributed by atoms with Crippen LogP contribution in [0.1, 0.15) is 26.3 Å². The van der Waals surface area contributed by atoms with Crippen LogP contribution < -0.4 is 22.1 Å². The van der Waals surface area contributed by atoms with Crippen LogP contribution >= 0.6 is 11.3 Å². The highest BCUT2D eigenvalue weighted by atomic mass is 32.1. The van der Waals surface area contributed by atoms with Crippen LogP contribution in [0.4, 0.5) is 14.8 Å². The van der Waals surface area contributed by atoms with Gasteiger partial charge in [0.15, 0.2) is 0 Å². The molecule has 1 aliphatic heterocycles. The Bertz CT molecular complexity index is 875. The van der Waals surface area contributed by atoms with E-state index < -0.39 is 11.9 Å². The van der Waals surface area contributed by atoms with Crippen LogP contribution in [-0.4, -0.2) is 49.0 Å². The third kappa shape index (κ3) is 5.06. The maximum atomic E-state index is 12.5. The molecule has 0 unspecified atom stereocenters. The highest BCUT2D eigenvalue weighted by Crippen LogP contribution is 2.32. The van der Waals surface area contributed by atoms with Crippen LogP contribution in [-0.2, 0) is 11.3 Å². The zero-order valence-electron chi connectivity index (χ0n) is 15.1. The van der Waals surface area contributed by atoms with E-state index >= 15 is 0 Å². The van der Waals surface area contributed by atoms with Gasteiger partial charge in [-0.3, -0.25) is 19.8 Å². The van der Waals surface area contributed by atoms with Crippen molar-refractivity contribution < 1.29 is 19.1 Å². The largest absolute Gasteiger partial charge is 0.379 e. The first-order valence-corrected chi connectivity index (χ1v) is 9.44. The number of thiophene rings is 1. The number of ether oxygens (including phenoxy) is 1.